The Kier molecular flexibility index (Phi) is 6.20. The number of halogens is 1. The van der Waals surface area contributed by atoms with Gasteiger partial charge in [0, 0.05) is 23.1 Å². The van der Waals surface area contributed by atoms with Crippen LogP contribution in [0.5, 0.6) is 11.5 Å². The summed E-state index contributed by atoms with van der Waals surface area (Å²) in [6.07, 6.45) is 0.539. The maximum atomic E-state index is 6.01. The van der Waals surface area contributed by atoms with E-state index in [-0.39, 0.29) is 0 Å². The van der Waals surface area contributed by atoms with Crippen molar-refractivity contribution in [1.29, 1.82) is 0 Å². The van der Waals surface area contributed by atoms with Gasteiger partial charge in [-0.1, -0.05) is 40.7 Å². The van der Waals surface area contributed by atoms with Gasteiger partial charge in [-0.05, 0) is 29.8 Å². The van der Waals surface area contributed by atoms with E-state index in [0.29, 0.717) is 57.1 Å². The van der Waals surface area contributed by atoms with Crippen molar-refractivity contribution >= 4 is 23.4 Å². The first-order valence-corrected chi connectivity index (χ1v) is 10.2. The molecule has 8 nitrogen and oxygen atoms in total. The van der Waals surface area contributed by atoms with Crippen LogP contribution in [-0.2, 0) is 12.2 Å². The van der Waals surface area contributed by atoms with Gasteiger partial charge in [0.15, 0.2) is 5.82 Å². The molecule has 0 aliphatic heterocycles. The first-order valence-electron chi connectivity index (χ1n) is 8.88. The van der Waals surface area contributed by atoms with Gasteiger partial charge in [-0.25, -0.2) is 0 Å². The summed E-state index contributed by atoms with van der Waals surface area (Å²) in [5.74, 6) is 3.10. The largest absolute Gasteiger partial charge is 0.497 e. The van der Waals surface area contributed by atoms with Gasteiger partial charge < -0.3 is 18.4 Å². The number of hydrogen-bond donors (Lipinski definition) is 0. The summed E-state index contributed by atoms with van der Waals surface area (Å²) in [4.78, 5) is 4.40. The Bertz CT molecular complexity index is 1130. The van der Waals surface area contributed by atoms with Gasteiger partial charge in [0.2, 0.25) is 11.8 Å². The van der Waals surface area contributed by atoms with E-state index < -0.39 is 0 Å². The van der Waals surface area contributed by atoms with Crippen LogP contribution < -0.4 is 9.47 Å². The number of ether oxygens (including phenoxy) is 2. The third-order valence-corrected chi connectivity index (χ3v) is 5.12. The van der Waals surface area contributed by atoms with E-state index in [9.17, 15) is 0 Å². The molecule has 0 unspecified atom stereocenters. The van der Waals surface area contributed by atoms with Crippen LogP contribution in [0.2, 0.25) is 5.02 Å². The normalized spacial score (nSPS) is 10.9. The average Bonchev–Trinajstić information content (AvgIpc) is 3.41. The van der Waals surface area contributed by atoms with Crippen molar-refractivity contribution in [2.45, 2.75) is 17.4 Å². The fraction of sp³-hybridized carbons (Fsp3) is 0.200. The van der Waals surface area contributed by atoms with Crippen molar-refractivity contribution in [1.82, 2.24) is 20.3 Å². The molecule has 10 heteroatoms. The summed E-state index contributed by atoms with van der Waals surface area (Å²) in [5, 5.41) is 13.2. The third-order valence-electron chi connectivity index (χ3n) is 4.09. The van der Waals surface area contributed by atoms with E-state index in [2.05, 4.69) is 20.3 Å². The first kappa shape index (κ1) is 20.2. The molecular formula is C20H17ClN4O4S. The molecule has 0 bridgehead atoms. The van der Waals surface area contributed by atoms with Crippen molar-refractivity contribution in [2.24, 2.45) is 0 Å². The Hall–Kier alpha value is -3.04. The zero-order valence-corrected chi connectivity index (χ0v) is 17.7. The van der Waals surface area contributed by atoms with Crippen molar-refractivity contribution in [3.05, 3.63) is 64.8 Å². The van der Waals surface area contributed by atoms with E-state index in [1.807, 2.05) is 24.3 Å². The minimum atomic E-state index is 0.363. The topological polar surface area (TPSA) is 96.3 Å². The lowest BCUT2D eigenvalue weighted by atomic mass is 10.1. The number of aromatic nitrogens is 4. The van der Waals surface area contributed by atoms with Crippen LogP contribution in [0.3, 0.4) is 0 Å². The third kappa shape index (κ3) is 4.92. The Labute approximate surface area is 181 Å². The fourth-order valence-electron chi connectivity index (χ4n) is 2.69. The Balaban J connectivity index is 1.40. The highest BCUT2D eigenvalue weighted by Crippen LogP contribution is 2.31. The van der Waals surface area contributed by atoms with Crippen molar-refractivity contribution in [3.8, 4) is 23.0 Å². The van der Waals surface area contributed by atoms with Crippen LogP contribution in [0, 0.1) is 0 Å². The second kappa shape index (κ2) is 9.19. The molecule has 4 rings (SSSR count). The number of nitrogens with zero attached hydrogens (tertiary/aromatic N) is 4. The van der Waals surface area contributed by atoms with Crippen LogP contribution in [-0.4, -0.2) is 34.6 Å². The Morgan fingerprint density at radius 3 is 2.57 bits per heavy atom. The molecule has 0 saturated carbocycles. The monoisotopic (exact) mass is 444 g/mol. The lowest BCUT2D eigenvalue weighted by Gasteiger charge is -2.05. The number of methoxy groups -OCH3 is 2. The fourth-order valence-corrected chi connectivity index (χ4v) is 3.50. The zero-order valence-electron chi connectivity index (χ0n) is 16.2. The number of thioether (sulfide) groups is 1. The van der Waals surface area contributed by atoms with Crippen molar-refractivity contribution in [2.75, 3.05) is 14.2 Å². The lowest BCUT2D eigenvalue weighted by Crippen LogP contribution is -1.91. The minimum absolute atomic E-state index is 0.363. The highest BCUT2D eigenvalue weighted by atomic mass is 35.5. The molecule has 0 aliphatic carbocycles. The predicted molar refractivity (Wildman–Crippen MR) is 111 cm³/mol. The SMILES string of the molecule is COc1cc(OC)cc(-c2nnc(SCc3nc(Cc4cccc(Cl)c4)no3)o2)c1. The number of hydrogen-bond acceptors (Lipinski definition) is 9. The highest BCUT2D eigenvalue weighted by molar-refractivity contribution is 7.98. The summed E-state index contributed by atoms with van der Waals surface area (Å²) < 4.78 is 21.6. The molecule has 154 valence electrons. The van der Waals surface area contributed by atoms with Gasteiger partial charge in [0.1, 0.15) is 11.5 Å². The van der Waals surface area contributed by atoms with Gasteiger partial charge >= 0.3 is 0 Å². The van der Waals surface area contributed by atoms with E-state index in [4.69, 9.17) is 30.0 Å². The van der Waals surface area contributed by atoms with E-state index in [1.54, 1.807) is 32.4 Å². The molecule has 0 radical (unpaired) electrons. The van der Waals surface area contributed by atoms with Crippen molar-refractivity contribution < 1.29 is 18.4 Å². The molecule has 0 atom stereocenters. The first-order chi connectivity index (χ1) is 14.6. The summed E-state index contributed by atoms with van der Waals surface area (Å²) in [7, 11) is 3.16. The van der Waals surface area contributed by atoms with Gasteiger partial charge in [-0.15, -0.1) is 10.2 Å². The Morgan fingerprint density at radius 1 is 1.03 bits per heavy atom. The molecule has 0 saturated heterocycles. The molecular weight excluding hydrogens is 428 g/mol. The van der Waals surface area contributed by atoms with Gasteiger partial charge in [-0.3, -0.25) is 0 Å². The minimum Gasteiger partial charge on any atom is -0.497 e. The summed E-state index contributed by atoms with van der Waals surface area (Å²) in [5.41, 5.74) is 1.71. The number of rotatable bonds is 8. The molecule has 0 aliphatic rings. The zero-order chi connectivity index (χ0) is 20.9. The average molecular weight is 445 g/mol. The standard InChI is InChI=1S/C20H17ClN4O4S/c1-26-15-8-13(9-16(10-15)27-2)19-23-24-20(28-19)30-11-18-22-17(25-29-18)7-12-4-3-5-14(21)6-12/h3-6,8-10H,7,11H2,1-2H3. The van der Waals surface area contributed by atoms with Gasteiger partial charge in [0.05, 0.1) is 20.0 Å². The number of benzene rings is 2. The maximum absolute atomic E-state index is 6.01. The molecule has 0 spiro atoms. The van der Waals surface area contributed by atoms with E-state index >= 15 is 0 Å². The summed E-state index contributed by atoms with van der Waals surface area (Å²) >= 11 is 7.32. The second-order valence-electron chi connectivity index (χ2n) is 6.17. The van der Waals surface area contributed by atoms with Gasteiger partial charge in [0.25, 0.3) is 5.22 Å². The molecule has 0 amide bonds. The van der Waals surface area contributed by atoms with E-state index in [1.165, 1.54) is 11.8 Å². The highest BCUT2D eigenvalue weighted by Gasteiger charge is 2.14. The molecule has 2 heterocycles. The van der Waals surface area contributed by atoms with Gasteiger partial charge in [-0.2, -0.15) is 4.98 Å². The van der Waals surface area contributed by atoms with Crippen LogP contribution in [0.15, 0.2) is 56.6 Å². The molecule has 0 fully saturated rings. The summed E-state index contributed by atoms with van der Waals surface area (Å²) in [6.45, 7) is 0. The second-order valence-corrected chi connectivity index (χ2v) is 7.54. The van der Waals surface area contributed by atoms with Crippen LogP contribution in [0.1, 0.15) is 17.3 Å². The lowest BCUT2D eigenvalue weighted by molar-refractivity contribution is 0.385. The van der Waals surface area contributed by atoms with Crippen LogP contribution in [0.4, 0.5) is 0 Å². The Morgan fingerprint density at radius 2 is 1.83 bits per heavy atom. The van der Waals surface area contributed by atoms with E-state index in [0.717, 1.165) is 5.56 Å². The quantitative estimate of drug-likeness (QED) is 0.359. The van der Waals surface area contributed by atoms with Crippen LogP contribution >= 0.6 is 23.4 Å². The molecule has 2 aromatic carbocycles. The predicted octanol–water partition coefficient (Wildman–Crippen LogP) is 4.67. The van der Waals surface area contributed by atoms with Crippen LogP contribution in [0.25, 0.3) is 11.5 Å². The molecule has 2 aromatic heterocycles. The molecule has 30 heavy (non-hydrogen) atoms. The molecule has 0 N–H and O–H groups in total. The maximum Gasteiger partial charge on any atom is 0.277 e. The van der Waals surface area contributed by atoms with Crippen molar-refractivity contribution in [3.63, 3.8) is 0 Å². The summed E-state index contributed by atoms with van der Waals surface area (Å²) in [6, 6.07) is 12.9. The smallest absolute Gasteiger partial charge is 0.277 e. The molecule has 4 aromatic rings.